The van der Waals surface area contributed by atoms with Crippen molar-refractivity contribution in [1.82, 2.24) is 19.5 Å². The molecule has 5 atom stereocenters. The second-order valence-electron chi connectivity index (χ2n) is 5.06. The maximum atomic E-state index is 10.5. The van der Waals surface area contributed by atoms with Crippen LogP contribution >= 0.6 is 23.4 Å². The van der Waals surface area contributed by atoms with E-state index in [1.807, 2.05) is 6.92 Å². The van der Waals surface area contributed by atoms with Gasteiger partial charge in [0, 0.05) is 0 Å². The monoisotopic (exact) mass is 378 g/mol. The summed E-state index contributed by atoms with van der Waals surface area (Å²) in [4.78, 5) is 12.0. The van der Waals surface area contributed by atoms with Crippen molar-refractivity contribution < 1.29 is 25.5 Å². The molecule has 0 bridgehead atoms. The van der Waals surface area contributed by atoms with Gasteiger partial charge in [-0.15, -0.1) is 11.8 Å². The number of hydrogen-bond donors (Lipinski definition) is 5. The van der Waals surface area contributed by atoms with Gasteiger partial charge in [0.2, 0.25) is 0 Å². The number of fused-ring (bicyclic) bond motifs is 1. The second kappa shape index (κ2) is 8.39. The first-order valence-corrected chi connectivity index (χ1v) is 8.62. The van der Waals surface area contributed by atoms with Gasteiger partial charge >= 0.3 is 0 Å². The Hall–Kier alpha value is -1.01. The van der Waals surface area contributed by atoms with Crippen LogP contribution in [0.4, 0.5) is 0 Å². The summed E-state index contributed by atoms with van der Waals surface area (Å²) < 4.78 is 1.52. The minimum Gasteiger partial charge on any atom is -0.394 e. The normalized spacial score (nSPS) is 18.3. The lowest BCUT2D eigenvalue weighted by Crippen LogP contribution is -2.48. The first-order chi connectivity index (χ1) is 11.4. The molecule has 0 aliphatic rings. The summed E-state index contributed by atoms with van der Waals surface area (Å²) in [6.45, 7) is 1.12. The number of imidazole rings is 1. The Kier molecular flexibility index (Phi) is 6.75. The van der Waals surface area contributed by atoms with Gasteiger partial charge in [0.1, 0.15) is 41.6 Å². The molecule has 0 amide bonds. The number of aromatic nitrogens is 4. The fourth-order valence-corrected chi connectivity index (χ4v) is 3.42. The van der Waals surface area contributed by atoms with E-state index in [2.05, 4.69) is 15.0 Å². The van der Waals surface area contributed by atoms with Crippen molar-refractivity contribution in [3.8, 4) is 0 Å². The Morgan fingerprint density at radius 1 is 1.12 bits per heavy atom. The van der Waals surface area contributed by atoms with Crippen molar-refractivity contribution in [2.24, 2.45) is 0 Å². The molecule has 134 valence electrons. The van der Waals surface area contributed by atoms with Crippen LogP contribution in [0.5, 0.6) is 0 Å². The van der Waals surface area contributed by atoms with Gasteiger partial charge in [-0.25, -0.2) is 15.0 Å². The molecule has 5 N–H and O–H groups in total. The van der Waals surface area contributed by atoms with Crippen LogP contribution in [0, 0.1) is 0 Å². The molecule has 9 nitrogen and oxygen atoms in total. The van der Waals surface area contributed by atoms with Crippen molar-refractivity contribution in [3.63, 3.8) is 0 Å². The molecule has 2 aromatic rings. The fraction of sp³-hybridized carbons (Fsp3) is 0.615. The molecule has 2 heterocycles. The molecule has 0 unspecified atom stereocenters. The van der Waals surface area contributed by atoms with Crippen molar-refractivity contribution in [2.45, 2.75) is 36.7 Å². The van der Waals surface area contributed by atoms with Crippen LogP contribution in [0.25, 0.3) is 11.2 Å². The predicted molar refractivity (Wildman–Crippen MR) is 88.6 cm³/mol. The molecular weight excluding hydrogens is 360 g/mol. The summed E-state index contributed by atoms with van der Waals surface area (Å²) in [7, 11) is 0. The summed E-state index contributed by atoms with van der Waals surface area (Å²) in [5.41, 5.74) is 0.711. The molecule has 0 aliphatic heterocycles. The van der Waals surface area contributed by atoms with Crippen LogP contribution in [-0.4, -0.2) is 81.8 Å². The first-order valence-electron chi connectivity index (χ1n) is 7.20. The largest absolute Gasteiger partial charge is 0.394 e. The molecule has 0 aromatic carbocycles. The van der Waals surface area contributed by atoms with Gasteiger partial charge in [-0.05, 0) is 5.75 Å². The van der Waals surface area contributed by atoms with Crippen LogP contribution in [-0.2, 0) is 0 Å². The predicted octanol–water partition coefficient (Wildman–Crippen LogP) is -0.833. The zero-order chi connectivity index (χ0) is 17.9. The van der Waals surface area contributed by atoms with E-state index in [4.69, 9.17) is 16.7 Å². The van der Waals surface area contributed by atoms with E-state index in [0.717, 1.165) is 0 Å². The van der Waals surface area contributed by atoms with E-state index in [9.17, 15) is 20.4 Å². The molecule has 0 aliphatic carbocycles. The quantitative estimate of drug-likeness (QED) is 0.371. The van der Waals surface area contributed by atoms with Crippen molar-refractivity contribution in [2.75, 3.05) is 12.4 Å². The third kappa shape index (κ3) is 3.80. The number of thioether (sulfide) groups is 1. The topological polar surface area (TPSA) is 145 Å². The average Bonchev–Trinajstić information content (AvgIpc) is 3.02. The number of aliphatic hydroxyl groups is 5. The molecule has 0 spiro atoms. The lowest BCUT2D eigenvalue weighted by atomic mass is 10.0. The summed E-state index contributed by atoms with van der Waals surface area (Å²) in [5, 5.41) is 48.2. The van der Waals surface area contributed by atoms with Crippen LogP contribution in [0.15, 0.2) is 12.7 Å². The van der Waals surface area contributed by atoms with Crippen LogP contribution < -0.4 is 0 Å². The maximum Gasteiger partial charge on any atom is 0.165 e. The molecule has 2 rings (SSSR count). The highest BCUT2D eigenvalue weighted by Crippen LogP contribution is 2.32. The second-order valence-corrected chi connectivity index (χ2v) is 6.81. The van der Waals surface area contributed by atoms with Crippen LogP contribution in [0.2, 0.25) is 5.15 Å². The Balaban J connectivity index is 2.35. The van der Waals surface area contributed by atoms with Crippen LogP contribution in [0.3, 0.4) is 0 Å². The summed E-state index contributed by atoms with van der Waals surface area (Å²) in [5.74, 6) is 0.589. The Morgan fingerprint density at radius 3 is 2.46 bits per heavy atom. The van der Waals surface area contributed by atoms with E-state index >= 15 is 0 Å². The number of hydrogen-bond acceptors (Lipinski definition) is 9. The van der Waals surface area contributed by atoms with E-state index in [1.165, 1.54) is 29.0 Å². The highest BCUT2D eigenvalue weighted by molar-refractivity contribution is 7.99. The lowest BCUT2D eigenvalue weighted by Gasteiger charge is -2.31. The van der Waals surface area contributed by atoms with E-state index in [1.54, 1.807) is 0 Å². The van der Waals surface area contributed by atoms with Crippen LogP contribution in [0.1, 0.15) is 12.3 Å². The Bertz CT molecular complexity index is 675. The van der Waals surface area contributed by atoms with E-state index < -0.39 is 36.4 Å². The minimum atomic E-state index is -1.71. The third-order valence-corrected chi connectivity index (χ3v) is 4.96. The average molecular weight is 379 g/mol. The molecule has 0 saturated heterocycles. The SMILES string of the molecule is CCS[C@@H]([C@H](O)[C@H](O)[C@H](O)[C@H](O)CO)n1cnc2c(Cl)ncnc21. The van der Waals surface area contributed by atoms with Crippen molar-refractivity contribution >= 4 is 34.5 Å². The van der Waals surface area contributed by atoms with Gasteiger partial charge in [0.05, 0.1) is 12.9 Å². The van der Waals surface area contributed by atoms with Gasteiger partial charge in [0.25, 0.3) is 0 Å². The standard InChI is InChI=1S/C13H19ClN4O5S/c1-2-24-13(10(23)9(22)8(21)6(20)3-19)18-5-17-7-11(14)15-4-16-12(7)18/h4-6,8-10,13,19-23H,2-3H2,1H3/t6-,8-,9-,10-,13+/m1/s1. The number of nitrogens with zero attached hydrogens (tertiary/aromatic N) is 4. The summed E-state index contributed by atoms with van der Waals surface area (Å²) in [6.07, 6.45) is -3.77. The van der Waals surface area contributed by atoms with Gasteiger partial charge in [-0.3, -0.25) is 4.57 Å². The lowest BCUT2D eigenvalue weighted by molar-refractivity contribution is -0.118. The Labute approximate surface area is 147 Å². The fourth-order valence-electron chi connectivity index (χ4n) is 2.23. The smallest absolute Gasteiger partial charge is 0.165 e. The van der Waals surface area contributed by atoms with Gasteiger partial charge in [-0.2, -0.15) is 0 Å². The molecule has 0 saturated carbocycles. The first kappa shape index (κ1) is 19.3. The number of aliphatic hydroxyl groups excluding tert-OH is 5. The van der Waals surface area contributed by atoms with Gasteiger partial charge in [0.15, 0.2) is 10.8 Å². The molecule has 2 aromatic heterocycles. The minimum absolute atomic E-state index is 0.157. The number of halogens is 1. The molecular formula is C13H19ClN4O5S. The summed E-state index contributed by atoms with van der Waals surface area (Å²) in [6, 6.07) is 0. The van der Waals surface area contributed by atoms with Gasteiger partial charge in [-0.1, -0.05) is 18.5 Å². The highest BCUT2D eigenvalue weighted by Gasteiger charge is 2.36. The van der Waals surface area contributed by atoms with Crippen molar-refractivity contribution in [3.05, 3.63) is 17.8 Å². The van der Waals surface area contributed by atoms with E-state index in [-0.39, 0.29) is 5.15 Å². The third-order valence-electron chi connectivity index (χ3n) is 3.50. The van der Waals surface area contributed by atoms with Gasteiger partial charge < -0.3 is 25.5 Å². The zero-order valence-corrected chi connectivity index (χ0v) is 14.3. The number of rotatable bonds is 8. The zero-order valence-electron chi connectivity index (χ0n) is 12.8. The van der Waals surface area contributed by atoms with E-state index in [0.29, 0.717) is 16.9 Å². The highest BCUT2D eigenvalue weighted by atomic mass is 35.5. The van der Waals surface area contributed by atoms with Crippen molar-refractivity contribution in [1.29, 1.82) is 0 Å². The molecule has 0 radical (unpaired) electrons. The maximum absolute atomic E-state index is 10.5. The molecule has 11 heteroatoms. The summed E-state index contributed by atoms with van der Waals surface area (Å²) >= 11 is 7.24. The molecule has 24 heavy (non-hydrogen) atoms. The Morgan fingerprint density at radius 2 is 1.83 bits per heavy atom. The molecule has 0 fully saturated rings.